The Hall–Kier alpha value is -2.68. The van der Waals surface area contributed by atoms with Gasteiger partial charge in [0.25, 0.3) is 0 Å². The smallest absolute Gasteiger partial charge is 0.319 e. The Labute approximate surface area is 173 Å². The highest BCUT2D eigenvalue weighted by Crippen LogP contribution is 2.25. The van der Waals surface area contributed by atoms with Crippen LogP contribution in [0.25, 0.3) is 17.1 Å². The Morgan fingerprint density at radius 1 is 1.24 bits per heavy atom. The summed E-state index contributed by atoms with van der Waals surface area (Å²) in [5.41, 5.74) is 1.71. The Bertz CT molecular complexity index is 1010. The molecule has 9 heteroatoms. The molecule has 0 bridgehead atoms. The summed E-state index contributed by atoms with van der Waals surface area (Å²) < 4.78 is 23.8. The van der Waals surface area contributed by atoms with Gasteiger partial charge in [0.1, 0.15) is 23.6 Å². The molecule has 0 spiro atoms. The van der Waals surface area contributed by atoms with Crippen LogP contribution in [0.5, 0.6) is 11.8 Å². The van der Waals surface area contributed by atoms with Crippen LogP contribution in [0.4, 0.5) is 0 Å². The van der Waals surface area contributed by atoms with Crippen molar-refractivity contribution < 1.29 is 18.9 Å². The van der Waals surface area contributed by atoms with Crippen molar-refractivity contribution >= 4 is 11.6 Å². The highest BCUT2D eigenvalue weighted by molar-refractivity contribution is 6.29. The van der Waals surface area contributed by atoms with Gasteiger partial charge in [-0.15, -0.1) is 0 Å². The third-order valence-electron chi connectivity index (χ3n) is 4.32. The van der Waals surface area contributed by atoms with Crippen LogP contribution in [0.1, 0.15) is 13.8 Å². The van der Waals surface area contributed by atoms with Gasteiger partial charge in [0.2, 0.25) is 0 Å². The molecule has 1 aliphatic rings. The summed E-state index contributed by atoms with van der Waals surface area (Å²) in [5.74, 6) is 0.650. The first-order chi connectivity index (χ1) is 13.9. The average molecular weight is 417 g/mol. The van der Waals surface area contributed by atoms with Crippen LogP contribution in [0, 0.1) is 0 Å². The summed E-state index contributed by atoms with van der Waals surface area (Å²) in [6.07, 6.45) is 1.61. The van der Waals surface area contributed by atoms with Crippen LogP contribution in [-0.2, 0) is 9.47 Å². The SMILES string of the molecule is COc1cccc(-c2ccn(-c3cc(Cl)nc(OCC4COC(C)(C)O4)n3)n2)c1. The van der Waals surface area contributed by atoms with E-state index in [1.165, 1.54) is 0 Å². The lowest BCUT2D eigenvalue weighted by molar-refractivity contribution is -0.141. The van der Waals surface area contributed by atoms with Crippen molar-refractivity contribution in [3.05, 3.63) is 47.7 Å². The van der Waals surface area contributed by atoms with E-state index in [0.717, 1.165) is 17.0 Å². The molecule has 29 heavy (non-hydrogen) atoms. The fourth-order valence-electron chi connectivity index (χ4n) is 2.97. The molecule has 1 aliphatic heterocycles. The first kappa shape index (κ1) is 19.6. The Balaban J connectivity index is 1.51. The maximum absolute atomic E-state index is 6.16. The zero-order chi connectivity index (χ0) is 20.4. The topological polar surface area (TPSA) is 80.5 Å². The van der Waals surface area contributed by atoms with E-state index in [9.17, 15) is 0 Å². The maximum Gasteiger partial charge on any atom is 0.319 e. The fraction of sp³-hybridized carbons (Fsp3) is 0.350. The number of rotatable bonds is 6. The molecule has 8 nitrogen and oxygen atoms in total. The lowest BCUT2D eigenvalue weighted by atomic mass is 10.1. The molecule has 0 radical (unpaired) electrons. The molecule has 1 unspecified atom stereocenters. The molecule has 3 aromatic rings. The van der Waals surface area contributed by atoms with E-state index in [1.807, 2.05) is 44.2 Å². The molecule has 0 amide bonds. The molecule has 0 aliphatic carbocycles. The van der Waals surface area contributed by atoms with Gasteiger partial charge in [0.05, 0.1) is 19.4 Å². The van der Waals surface area contributed by atoms with E-state index in [-0.39, 0.29) is 23.9 Å². The Kier molecular flexibility index (Phi) is 5.40. The number of hydrogen-bond acceptors (Lipinski definition) is 7. The predicted molar refractivity (Wildman–Crippen MR) is 107 cm³/mol. The highest BCUT2D eigenvalue weighted by Gasteiger charge is 2.33. The van der Waals surface area contributed by atoms with Crippen LogP contribution < -0.4 is 9.47 Å². The number of halogens is 1. The Morgan fingerprint density at radius 2 is 2.10 bits per heavy atom. The number of aromatic nitrogens is 4. The van der Waals surface area contributed by atoms with Gasteiger partial charge >= 0.3 is 6.01 Å². The first-order valence-corrected chi connectivity index (χ1v) is 9.49. The largest absolute Gasteiger partial charge is 0.497 e. The van der Waals surface area contributed by atoms with Gasteiger partial charge in [0.15, 0.2) is 11.6 Å². The molecule has 152 valence electrons. The molecule has 2 aromatic heterocycles. The van der Waals surface area contributed by atoms with Crippen molar-refractivity contribution in [2.75, 3.05) is 20.3 Å². The summed E-state index contributed by atoms with van der Waals surface area (Å²) in [7, 11) is 1.63. The van der Waals surface area contributed by atoms with Gasteiger partial charge in [-0.25, -0.2) is 4.68 Å². The van der Waals surface area contributed by atoms with E-state index in [1.54, 1.807) is 24.1 Å². The first-order valence-electron chi connectivity index (χ1n) is 9.11. The minimum absolute atomic E-state index is 0.152. The molecule has 4 rings (SSSR count). The summed E-state index contributed by atoms with van der Waals surface area (Å²) in [5, 5.41) is 4.83. The van der Waals surface area contributed by atoms with Crippen LogP contribution in [0.2, 0.25) is 5.15 Å². The number of ether oxygens (including phenoxy) is 4. The van der Waals surface area contributed by atoms with E-state index < -0.39 is 5.79 Å². The number of hydrogen-bond donors (Lipinski definition) is 0. The molecule has 1 atom stereocenters. The van der Waals surface area contributed by atoms with Gasteiger partial charge in [-0.05, 0) is 32.0 Å². The monoisotopic (exact) mass is 416 g/mol. The second-order valence-electron chi connectivity index (χ2n) is 6.97. The maximum atomic E-state index is 6.16. The van der Waals surface area contributed by atoms with Crippen molar-refractivity contribution in [3.8, 4) is 28.8 Å². The van der Waals surface area contributed by atoms with Crippen LogP contribution in [-0.4, -0.2) is 52.0 Å². The molecule has 0 saturated carbocycles. The molecule has 3 heterocycles. The zero-order valence-electron chi connectivity index (χ0n) is 16.3. The van der Waals surface area contributed by atoms with E-state index in [0.29, 0.717) is 12.4 Å². The molecule has 1 aromatic carbocycles. The third kappa shape index (κ3) is 4.67. The second kappa shape index (κ2) is 7.98. The predicted octanol–water partition coefficient (Wildman–Crippen LogP) is 3.52. The standard InChI is InChI=1S/C20H21ClN4O4/c1-20(2)28-12-15(29-20)11-27-19-22-17(21)10-18(23-19)25-8-7-16(24-25)13-5-4-6-14(9-13)26-3/h4-10,15H,11-12H2,1-3H3. The third-order valence-corrected chi connectivity index (χ3v) is 4.51. The minimum Gasteiger partial charge on any atom is -0.497 e. The van der Waals surface area contributed by atoms with Gasteiger partial charge in [0, 0.05) is 17.8 Å². The quantitative estimate of drug-likeness (QED) is 0.568. The molecular weight excluding hydrogens is 396 g/mol. The average Bonchev–Trinajstić information content (AvgIpc) is 3.33. The van der Waals surface area contributed by atoms with Crippen molar-refractivity contribution in [2.24, 2.45) is 0 Å². The summed E-state index contributed by atoms with van der Waals surface area (Å²) in [4.78, 5) is 8.53. The number of methoxy groups -OCH3 is 1. The van der Waals surface area contributed by atoms with Crippen molar-refractivity contribution in [1.29, 1.82) is 0 Å². The van der Waals surface area contributed by atoms with E-state index >= 15 is 0 Å². The second-order valence-corrected chi connectivity index (χ2v) is 7.36. The summed E-state index contributed by atoms with van der Waals surface area (Å²) in [6, 6.07) is 11.3. The minimum atomic E-state index is -0.611. The summed E-state index contributed by atoms with van der Waals surface area (Å²) in [6.45, 7) is 4.43. The van der Waals surface area contributed by atoms with Crippen LogP contribution in [0.15, 0.2) is 42.6 Å². The molecular formula is C20H21ClN4O4. The number of benzene rings is 1. The van der Waals surface area contributed by atoms with Crippen LogP contribution >= 0.6 is 11.6 Å². The van der Waals surface area contributed by atoms with Gasteiger partial charge < -0.3 is 18.9 Å². The molecule has 0 N–H and O–H groups in total. The van der Waals surface area contributed by atoms with E-state index in [2.05, 4.69) is 15.1 Å². The fourth-order valence-corrected chi connectivity index (χ4v) is 3.14. The summed E-state index contributed by atoms with van der Waals surface area (Å²) >= 11 is 6.16. The zero-order valence-corrected chi connectivity index (χ0v) is 17.1. The highest BCUT2D eigenvalue weighted by atomic mass is 35.5. The van der Waals surface area contributed by atoms with Gasteiger partial charge in [-0.3, -0.25) is 0 Å². The normalized spacial score (nSPS) is 18.0. The Morgan fingerprint density at radius 3 is 2.86 bits per heavy atom. The lowest BCUT2D eigenvalue weighted by Gasteiger charge is -2.17. The van der Waals surface area contributed by atoms with Crippen molar-refractivity contribution in [2.45, 2.75) is 25.7 Å². The molecule has 1 fully saturated rings. The van der Waals surface area contributed by atoms with Crippen molar-refractivity contribution in [3.63, 3.8) is 0 Å². The van der Waals surface area contributed by atoms with E-state index in [4.69, 9.17) is 30.5 Å². The lowest BCUT2D eigenvalue weighted by Crippen LogP contribution is -2.25. The van der Waals surface area contributed by atoms with Gasteiger partial charge in [-0.2, -0.15) is 15.1 Å². The number of nitrogens with zero attached hydrogens (tertiary/aromatic N) is 4. The van der Waals surface area contributed by atoms with Gasteiger partial charge in [-0.1, -0.05) is 23.7 Å². The molecule has 1 saturated heterocycles. The van der Waals surface area contributed by atoms with Crippen molar-refractivity contribution in [1.82, 2.24) is 19.7 Å². The van der Waals surface area contributed by atoms with Crippen LogP contribution in [0.3, 0.4) is 0 Å².